The summed E-state index contributed by atoms with van der Waals surface area (Å²) < 4.78 is 0. The molecular formula is C15H21N3O3. The first-order valence-corrected chi connectivity index (χ1v) is 7.20. The Morgan fingerprint density at radius 2 is 2.00 bits per heavy atom. The number of nitrogens with zero attached hydrogens (tertiary/aromatic N) is 1. The van der Waals surface area contributed by atoms with Crippen molar-refractivity contribution >= 4 is 17.3 Å². The predicted octanol–water partition coefficient (Wildman–Crippen LogP) is 2.67. The summed E-state index contributed by atoms with van der Waals surface area (Å²) in [4.78, 5) is 23.0. The van der Waals surface area contributed by atoms with E-state index in [4.69, 9.17) is 5.73 Å². The van der Waals surface area contributed by atoms with E-state index in [1.54, 1.807) is 6.07 Å². The van der Waals surface area contributed by atoms with Gasteiger partial charge in [0.05, 0.1) is 4.92 Å². The van der Waals surface area contributed by atoms with Crippen LogP contribution in [0.5, 0.6) is 0 Å². The molecule has 0 saturated heterocycles. The van der Waals surface area contributed by atoms with Crippen molar-refractivity contribution in [1.82, 2.24) is 0 Å². The lowest BCUT2D eigenvalue weighted by Crippen LogP contribution is -2.34. The van der Waals surface area contributed by atoms with Crippen LogP contribution in [0.1, 0.15) is 36.8 Å². The molecule has 2 atom stereocenters. The zero-order valence-corrected chi connectivity index (χ0v) is 12.4. The van der Waals surface area contributed by atoms with Gasteiger partial charge in [-0.3, -0.25) is 14.9 Å². The van der Waals surface area contributed by atoms with Gasteiger partial charge in [-0.15, -0.1) is 0 Å². The van der Waals surface area contributed by atoms with Crippen molar-refractivity contribution in [1.29, 1.82) is 0 Å². The molecule has 1 aromatic carbocycles. The van der Waals surface area contributed by atoms with E-state index < -0.39 is 4.92 Å². The van der Waals surface area contributed by atoms with Crippen LogP contribution in [-0.4, -0.2) is 16.9 Å². The second-order valence-electron chi connectivity index (χ2n) is 5.82. The Bertz CT molecular complexity index is 572. The summed E-state index contributed by atoms with van der Waals surface area (Å²) in [5, 5.41) is 13.8. The maximum atomic E-state index is 12.3. The highest BCUT2D eigenvalue weighted by molar-refractivity contribution is 5.95. The second-order valence-corrected chi connectivity index (χ2v) is 5.82. The van der Waals surface area contributed by atoms with Crippen molar-refractivity contribution in [3.63, 3.8) is 0 Å². The third kappa shape index (κ3) is 3.58. The highest BCUT2D eigenvalue weighted by Crippen LogP contribution is 2.30. The highest BCUT2D eigenvalue weighted by atomic mass is 16.6. The highest BCUT2D eigenvalue weighted by Gasteiger charge is 2.27. The van der Waals surface area contributed by atoms with E-state index in [0.717, 1.165) is 30.4 Å². The number of hydrogen-bond donors (Lipinski definition) is 2. The Morgan fingerprint density at radius 1 is 1.33 bits per heavy atom. The minimum absolute atomic E-state index is 0.0456. The molecule has 114 valence electrons. The van der Waals surface area contributed by atoms with E-state index in [2.05, 4.69) is 5.32 Å². The number of amides is 1. The van der Waals surface area contributed by atoms with Gasteiger partial charge in [-0.1, -0.05) is 6.42 Å². The van der Waals surface area contributed by atoms with Gasteiger partial charge in [0.2, 0.25) is 5.91 Å². The molecule has 2 rings (SSSR count). The second kappa shape index (κ2) is 6.22. The van der Waals surface area contributed by atoms with Gasteiger partial charge in [0.25, 0.3) is 5.69 Å². The van der Waals surface area contributed by atoms with Gasteiger partial charge in [0.1, 0.15) is 5.69 Å². The lowest BCUT2D eigenvalue weighted by atomic mass is 9.85. The van der Waals surface area contributed by atoms with Crippen LogP contribution in [0.25, 0.3) is 0 Å². The van der Waals surface area contributed by atoms with Crippen LogP contribution in [0.15, 0.2) is 12.1 Å². The molecule has 0 heterocycles. The lowest BCUT2D eigenvalue weighted by Gasteiger charge is -2.25. The number of carbonyl (C=O) groups is 1. The molecule has 6 heteroatoms. The monoisotopic (exact) mass is 291 g/mol. The molecule has 0 aliphatic heterocycles. The fourth-order valence-electron chi connectivity index (χ4n) is 2.75. The Kier molecular flexibility index (Phi) is 4.57. The SMILES string of the molecule is Cc1cc(NC(=O)C2CCCC(N)C2)c([N+](=O)[O-])cc1C. The molecule has 1 amide bonds. The number of anilines is 1. The minimum atomic E-state index is -0.464. The summed E-state index contributed by atoms with van der Waals surface area (Å²) in [5.74, 6) is -0.327. The molecule has 1 saturated carbocycles. The molecule has 0 spiro atoms. The number of nitro groups is 1. The van der Waals surface area contributed by atoms with Crippen LogP contribution >= 0.6 is 0 Å². The molecule has 0 aromatic heterocycles. The van der Waals surface area contributed by atoms with Crippen molar-refractivity contribution in [2.24, 2.45) is 11.7 Å². The number of benzene rings is 1. The van der Waals surface area contributed by atoms with Gasteiger partial charge in [0.15, 0.2) is 0 Å². The van der Waals surface area contributed by atoms with E-state index in [9.17, 15) is 14.9 Å². The zero-order valence-electron chi connectivity index (χ0n) is 12.4. The molecule has 0 bridgehead atoms. The number of carbonyl (C=O) groups excluding carboxylic acids is 1. The first kappa shape index (κ1) is 15.4. The van der Waals surface area contributed by atoms with Gasteiger partial charge < -0.3 is 11.1 Å². The predicted molar refractivity (Wildman–Crippen MR) is 81.1 cm³/mol. The molecule has 1 fully saturated rings. The van der Waals surface area contributed by atoms with Crippen molar-refractivity contribution in [3.05, 3.63) is 33.4 Å². The van der Waals surface area contributed by atoms with Crippen LogP contribution < -0.4 is 11.1 Å². The van der Waals surface area contributed by atoms with Crippen molar-refractivity contribution < 1.29 is 9.72 Å². The number of nitro benzene ring substituents is 1. The van der Waals surface area contributed by atoms with E-state index >= 15 is 0 Å². The topological polar surface area (TPSA) is 98.3 Å². The van der Waals surface area contributed by atoms with Crippen molar-refractivity contribution in [3.8, 4) is 0 Å². The van der Waals surface area contributed by atoms with Gasteiger partial charge in [-0.05, 0) is 50.3 Å². The summed E-state index contributed by atoms with van der Waals surface area (Å²) >= 11 is 0. The van der Waals surface area contributed by atoms with Crippen LogP contribution in [-0.2, 0) is 4.79 Å². The first-order chi connectivity index (χ1) is 9.88. The van der Waals surface area contributed by atoms with Gasteiger partial charge in [-0.25, -0.2) is 0 Å². The lowest BCUT2D eigenvalue weighted by molar-refractivity contribution is -0.384. The van der Waals surface area contributed by atoms with Gasteiger partial charge in [-0.2, -0.15) is 0 Å². The fraction of sp³-hybridized carbons (Fsp3) is 0.533. The van der Waals surface area contributed by atoms with E-state index in [0.29, 0.717) is 6.42 Å². The molecule has 0 radical (unpaired) electrons. The van der Waals surface area contributed by atoms with Crippen molar-refractivity contribution in [2.45, 2.75) is 45.6 Å². The summed E-state index contributed by atoms with van der Waals surface area (Å²) in [5.41, 5.74) is 7.84. The fourth-order valence-corrected chi connectivity index (χ4v) is 2.75. The average Bonchev–Trinajstić information content (AvgIpc) is 2.42. The zero-order chi connectivity index (χ0) is 15.6. The summed E-state index contributed by atoms with van der Waals surface area (Å²) in [6.45, 7) is 3.68. The van der Waals surface area contributed by atoms with Crippen molar-refractivity contribution in [2.75, 3.05) is 5.32 Å². The molecular weight excluding hydrogens is 270 g/mol. The standard InChI is InChI=1S/C15H21N3O3/c1-9-6-13(14(18(20)21)7-10(9)2)17-15(19)11-4-3-5-12(16)8-11/h6-7,11-12H,3-5,8,16H2,1-2H3,(H,17,19). The van der Waals surface area contributed by atoms with Crippen LogP contribution in [0.2, 0.25) is 0 Å². The Hall–Kier alpha value is -1.95. The smallest absolute Gasteiger partial charge is 0.293 e. The quantitative estimate of drug-likeness (QED) is 0.660. The largest absolute Gasteiger partial charge is 0.328 e. The number of rotatable bonds is 3. The number of aryl methyl sites for hydroxylation is 2. The van der Waals surface area contributed by atoms with Crippen LogP contribution in [0, 0.1) is 29.9 Å². The average molecular weight is 291 g/mol. The molecule has 21 heavy (non-hydrogen) atoms. The maximum Gasteiger partial charge on any atom is 0.293 e. The summed E-state index contributed by atoms with van der Waals surface area (Å²) in [6.07, 6.45) is 3.30. The van der Waals surface area contributed by atoms with Gasteiger partial charge in [0, 0.05) is 18.0 Å². The molecule has 1 aliphatic rings. The molecule has 6 nitrogen and oxygen atoms in total. The molecule has 2 unspecified atom stereocenters. The van der Waals surface area contributed by atoms with E-state index in [1.807, 2.05) is 13.8 Å². The Labute approximate surface area is 123 Å². The van der Waals surface area contributed by atoms with Crippen LogP contribution in [0.3, 0.4) is 0 Å². The van der Waals surface area contributed by atoms with Gasteiger partial charge >= 0.3 is 0 Å². The first-order valence-electron chi connectivity index (χ1n) is 7.20. The van der Waals surface area contributed by atoms with Crippen LogP contribution in [0.4, 0.5) is 11.4 Å². The van der Waals surface area contributed by atoms with E-state index in [1.165, 1.54) is 6.07 Å². The molecule has 1 aromatic rings. The third-order valence-corrected chi connectivity index (χ3v) is 4.15. The van der Waals surface area contributed by atoms with E-state index in [-0.39, 0.29) is 29.2 Å². The summed E-state index contributed by atoms with van der Waals surface area (Å²) in [6, 6.07) is 3.20. The maximum absolute atomic E-state index is 12.3. The Balaban J connectivity index is 2.20. The number of nitrogens with two attached hydrogens (primary N) is 1. The normalized spacial score (nSPS) is 21.9. The molecule has 1 aliphatic carbocycles. The third-order valence-electron chi connectivity index (χ3n) is 4.15. The minimum Gasteiger partial charge on any atom is -0.328 e. The number of nitrogens with one attached hydrogen (secondary N) is 1. The summed E-state index contributed by atoms with van der Waals surface area (Å²) in [7, 11) is 0. The Morgan fingerprint density at radius 3 is 2.62 bits per heavy atom. The molecule has 3 N–H and O–H groups in total. The number of hydrogen-bond acceptors (Lipinski definition) is 4.